The van der Waals surface area contributed by atoms with E-state index in [0.717, 1.165) is 33.1 Å². The minimum atomic E-state index is -2.51. The zero-order valence-electron chi connectivity index (χ0n) is 44.6. The van der Waals surface area contributed by atoms with Crippen LogP contribution in [0.15, 0.2) is 114 Å². The summed E-state index contributed by atoms with van der Waals surface area (Å²) >= 11 is 0. The lowest BCUT2D eigenvalue weighted by Crippen LogP contribution is -2.82. The first-order valence-electron chi connectivity index (χ1n) is 26.4. The van der Waals surface area contributed by atoms with Gasteiger partial charge in [-0.3, -0.25) is 24.0 Å². The average molecular weight is 1080 g/mol. The van der Waals surface area contributed by atoms with Crippen LogP contribution in [-0.4, -0.2) is 125 Å². The van der Waals surface area contributed by atoms with Gasteiger partial charge in [0.05, 0.1) is 36.0 Å². The Morgan fingerprint density at radius 1 is 0.782 bits per heavy atom. The normalized spacial score (nSPS) is 30.2. The van der Waals surface area contributed by atoms with E-state index in [2.05, 4.69) is 16.7 Å². The number of ether oxygens (including phenoxy) is 7. The first kappa shape index (κ1) is 57.0. The topological polar surface area (TPSA) is 266 Å². The molecule has 1 aliphatic heterocycles. The van der Waals surface area contributed by atoms with Crippen molar-refractivity contribution in [3.63, 3.8) is 0 Å². The number of ketones is 1. The lowest BCUT2D eigenvalue weighted by molar-refractivity contribution is -0.346. The van der Waals surface area contributed by atoms with Crippen molar-refractivity contribution in [2.75, 3.05) is 13.2 Å². The van der Waals surface area contributed by atoms with E-state index >= 15 is 4.79 Å². The van der Waals surface area contributed by atoms with Gasteiger partial charge in [0.2, 0.25) is 0 Å². The SMILES string of the molecule is CC(=O)O[C@H]1C(=O)[C@]2(C)[C@@H](OC(=O)CCNC(=O)OC3CC/C=C\CCC3)C[C@H]3OC[C@@]3(OC(C)=O)[C@H]2[C@H](OC(=O)c2ccccc2)[C@]2(O)C[C@H](OC(=O)[C@H](O)[C@@H](NC(=O)c3ccccc3)c3ccccc3)C(C)=C1C2(C)C. The molecule has 19 nitrogen and oxygen atoms in total. The second-order valence-corrected chi connectivity index (χ2v) is 21.5. The van der Waals surface area contributed by atoms with Gasteiger partial charge < -0.3 is 54.0 Å². The number of aliphatic hydroxyl groups is 2. The molecular formula is C59H68N2O17. The summed E-state index contributed by atoms with van der Waals surface area (Å²) in [6.07, 6.45) is -4.69. The third-order valence-electron chi connectivity index (χ3n) is 16.3. The highest BCUT2D eigenvalue weighted by molar-refractivity contribution is 5.96. The molecule has 0 aromatic heterocycles. The lowest BCUT2D eigenvalue weighted by atomic mass is 9.44. The van der Waals surface area contributed by atoms with E-state index in [1.165, 1.54) is 26.0 Å². The number of hydrogen-bond donors (Lipinski definition) is 4. The summed E-state index contributed by atoms with van der Waals surface area (Å²) in [4.78, 5) is 113. The highest BCUT2D eigenvalue weighted by Crippen LogP contribution is 2.65. The maximum atomic E-state index is 16.3. The summed E-state index contributed by atoms with van der Waals surface area (Å²) in [6.45, 7) is 7.57. The first-order valence-corrected chi connectivity index (χ1v) is 26.4. The second-order valence-electron chi connectivity index (χ2n) is 21.5. The van der Waals surface area contributed by atoms with E-state index in [1.807, 2.05) is 6.08 Å². The fraction of sp³-hybridized carbons (Fsp3) is 0.492. The van der Waals surface area contributed by atoms with Crippen molar-refractivity contribution in [2.45, 2.75) is 153 Å². The average Bonchev–Trinajstić information content (AvgIpc) is 1.82. The van der Waals surface area contributed by atoms with Crippen LogP contribution in [0.3, 0.4) is 0 Å². The van der Waals surface area contributed by atoms with E-state index in [-0.39, 0.29) is 41.3 Å². The first-order chi connectivity index (χ1) is 37.1. The van der Waals surface area contributed by atoms with Gasteiger partial charge in [-0.15, -0.1) is 0 Å². The number of benzene rings is 3. The molecule has 416 valence electrons. The quantitative estimate of drug-likeness (QED) is 0.0740. The molecule has 0 radical (unpaired) electrons. The lowest BCUT2D eigenvalue weighted by Gasteiger charge is -2.67. The van der Waals surface area contributed by atoms with Crippen LogP contribution in [-0.2, 0) is 57.1 Å². The number of Topliss-reactive ketones (excluding diaryl/α,β-unsaturated/α-hetero) is 1. The van der Waals surface area contributed by atoms with Crippen LogP contribution in [0, 0.1) is 16.7 Å². The number of hydrogen-bond acceptors (Lipinski definition) is 17. The van der Waals surface area contributed by atoms with Crippen molar-refractivity contribution in [1.29, 1.82) is 0 Å². The Bertz CT molecular complexity index is 2820. The maximum Gasteiger partial charge on any atom is 0.407 e. The number of carbonyl (C=O) groups excluding carboxylic acids is 8. The van der Waals surface area contributed by atoms with Crippen LogP contribution in [0.1, 0.15) is 125 Å². The predicted octanol–water partition coefficient (Wildman–Crippen LogP) is 6.29. The second kappa shape index (κ2) is 23.4. The van der Waals surface area contributed by atoms with Gasteiger partial charge in [0, 0.05) is 44.2 Å². The third kappa shape index (κ3) is 11.2. The Morgan fingerprint density at radius 3 is 2.05 bits per heavy atom. The van der Waals surface area contributed by atoms with Crippen LogP contribution in [0.4, 0.5) is 4.79 Å². The minimum absolute atomic E-state index is 0.0179. The van der Waals surface area contributed by atoms with Crippen LogP contribution >= 0.6 is 0 Å². The van der Waals surface area contributed by atoms with Gasteiger partial charge in [0.1, 0.15) is 36.1 Å². The van der Waals surface area contributed by atoms with Gasteiger partial charge in [-0.05, 0) is 86.9 Å². The van der Waals surface area contributed by atoms with Crippen molar-refractivity contribution in [3.8, 4) is 0 Å². The predicted molar refractivity (Wildman–Crippen MR) is 277 cm³/mol. The Balaban J connectivity index is 1.21. The van der Waals surface area contributed by atoms with E-state index in [1.54, 1.807) is 92.7 Å². The van der Waals surface area contributed by atoms with Crippen LogP contribution < -0.4 is 10.6 Å². The molecule has 3 aromatic carbocycles. The maximum absolute atomic E-state index is 16.3. The summed E-state index contributed by atoms with van der Waals surface area (Å²) < 4.78 is 43.0. The molecule has 2 bridgehead atoms. The molecule has 3 fully saturated rings. The molecule has 3 aromatic rings. The third-order valence-corrected chi connectivity index (χ3v) is 16.3. The van der Waals surface area contributed by atoms with Gasteiger partial charge in [-0.2, -0.15) is 0 Å². The molecule has 2 amide bonds. The Hall–Kier alpha value is -7.22. The highest BCUT2D eigenvalue weighted by Gasteiger charge is 2.79. The number of nitrogens with one attached hydrogen (secondary N) is 2. The summed E-state index contributed by atoms with van der Waals surface area (Å²) in [7, 11) is 0. The molecule has 5 aliphatic rings. The van der Waals surface area contributed by atoms with Crippen LogP contribution in [0.25, 0.3) is 0 Å². The number of alkyl carbamates (subject to hydrolysis) is 1. The number of allylic oxidation sites excluding steroid dienone is 2. The summed E-state index contributed by atoms with van der Waals surface area (Å²) in [5.41, 5.74) is -7.75. The van der Waals surface area contributed by atoms with Crippen molar-refractivity contribution in [3.05, 3.63) is 131 Å². The minimum Gasteiger partial charge on any atom is -0.461 e. The number of rotatable bonds is 15. The van der Waals surface area contributed by atoms with Crippen LogP contribution in [0.2, 0.25) is 0 Å². The summed E-state index contributed by atoms with van der Waals surface area (Å²) in [5, 5.41) is 31.4. The van der Waals surface area contributed by atoms with Gasteiger partial charge in [-0.25, -0.2) is 14.4 Å². The van der Waals surface area contributed by atoms with Gasteiger partial charge >= 0.3 is 35.9 Å². The molecule has 1 saturated heterocycles. The molecule has 78 heavy (non-hydrogen) atoms. The Kier molecular flexibility index (Phi) is 17.1. The summed E-state index contributed by atoms with van der Waals surface area (Å²) in [6, 6.07) is 22.7. The van der Waals surface area contributed by atoms with Crippen molar-refractivity contribution in [2.24, 2.45) is 16.7 Å². The van der Waals surface area contributed by atoms with E-state index < -0.39 is 138 Å². The molecule has 4 N–H and O–H groups in total. The van der Waals surface area contributed by atoms with E-state index in [9.17, 15) is 43.8 Å². The zero-order chi connectivity index (χ0) is 56.2. The number of fused-ring (bicyclic) bond motifs is 5. The molecule has 4 aliphatic carbocycles. The number of aliphatic hydroxyl groups excluding tert-OH is 1. The van der Waals surface area contributed by atoms with Crippen molar-refractivity contribution < 1.29 is 81.7 Å². The molecule has 2 saturated carbocycles. The Labute approximate surface area is 452 Å². The van der Waals surface area contributed by atoms with E-state index in [4.69, 9.17) is 33.2 Å². The van der Waals surface area contributed by atoms with Gasteiger partial charge in [0.15, 0.2) is 23.6 Å². The number of esters is 5. The molecule has 1 heterocycles. The molecule has 12 atom stereocenters. The molecule has 1 unspecified atom stereocenters. The summed E-state index contributed by atoms with van der Waals surface area (Å²) in [5.74, 6) is -8.17. The van der Waals surface area contributed by atoms with Crippen LogP contribution in [0.5, 0.6) is 0 Å². The van der Waals surface area contributed by atoms with Gasteiger partial charge in [0.25, 0.3) is 5.91 Å². The fourth-order valence-electron chi connectivity index (χ4n) is 12.3. The Morgan fingerprint density at radius 2 is 1.42 bits per heavy atom. The monoisotopic (exact) mass is 1080 g/mol. The van der Waals surface area contributed by atoms with Crippen molar-refractivity contribution in [1.82, 2.24) is 10.6 Å². The largest absolute Gasteiger partial charge is 0.461 e. The number of amides is 2. The highest BCUT2D eigenvalue weighted by atomic mass is 16.6. The van der Waals surface area contributed by atoms with Gasteiger partial charge in [-0.1, -0.05) is 92.7 Å². The smallest absolute Gasteiger partial charge is 0.407 e. The standard InChI is InChI=1S/C59H68N2O17/c1-34-41(75-54(69)47(65)46(37-21-13-10-14-22-37)61-52(67)38-23-15-11-16-24-38)32-59(71)51(77-53(68)39-25-17-12-18-26-39)49-57(6,50(66)48(73-35(2)62)45(34)56(59,4)5)42(31-43-58(49,33-72-43)78-36(3)63)76-44(64)29-30-60-55(70)74-40-27-19-8-7-9-20-28-40/h7-8,10-18,21-26,40-43,46-49,51,65,71H,9,19-20,27-33H2,1-6H3,(H,60,70)(H,61,67)/b8-7-/t40?,41-,42-,43+,46-,47+,48+,49-,51-,57+,58-,59+/m0/s1. The fourth-order valence-corrected chi connectivity index (χ4v) is 12.3. The molecule has 8 rings (SSSR count). The molecule has 19 heteroatoms. The number of carbonyl (C=O) groups is 8. The zero-order valence-corrected chi connectivity index (χ0v) is 44.6. The van der Waals surface area contributed by atoms with Crippen molar-refractivity contribution >= 4 is 47.6 Å². The van der Waals surface area contributed by atoms with E-state index in [0.29, 0.717) is 18.4 Å². The molecule has 0 spiro atoms. The molecular weight excluding hydrogens is 1010 g/mol.